The molecule has 2 aromatic rings. The molecule has 0 radical (unpaired) electrons. The fourth-order valence-electron chi connectivity index (χ4n) is 6.67. The van der Waals surface area contributed by atoms with E-state index < -0.39 is 0 Å². The lowest BCUT2D eigenvalue weighted by atomic mass is 9.89. The predicted octanol–water partition coefficient (Wildman–Crippen LogP) is 11.5. The summed E-state index contributed by atoms with van der Waals surface area (Å²) in [5.74, 6) is 1.78. The number of rotatable bonds is 14. The van der Waals surface area contributed by atoms with Crippen molar-refractivity contribution in [1.82, 2.24) is 4.90 Å². The Kier molecular flexibility index (Phi) is 20.1. The fraction of sp³-hybridized carbons (Fsp3) is 0.641. The fourth-order valence-corrected chi connectivity index (χ4v) is 7.15. The first-order valence-corrected chi connectivity index (χ1v) is 18.5. The van der Waals surface area contributed by atoms with Crippen molar-refractivity contribution in [1.29, 1.82) is 0 Å². The lowest BCUT2D eigenvalue weighted by molar-refractivity contribution is 0.140. The van der Waals surface area contributed by atoms with Gasteiger partial charge in [-0.3, -0.25) is 0 Å². The molecule has 4 rings (SSSR count). The summed E-state index contributed by atoms with van der Waals surface area (Å²) in [7, 11) is 0. The van der Waals surface area contributed by atoms with Crippen LogP contribution in [0.15, 0.2) is 48.5 Å². The highest BCUT2D eigenvalue weighted by atomic mass is 32.1. The van der Waals surface area contributed by atoms with Gasteiger partial charge in [0.25, 0.3) is 10.3 Å². The zero-order chi connectivity index (χ0) is 31.4. The van der Waals surface area contributed by atoms with Crippen LogP contribution in [0.25, 0.3) is 0 Å². The van der Waals surface area contributed by atoms with Crippen LogP contribution in [0.3, 0.4) is 0 Å². The molecule has 6 heteroatoms. The molecule has 4 nitrogen and oxygen atoms in total. The monoisotopic (exact) mass is 654 g/mol. The largest absolute Gasteiger partial charge is 0.432 e. The van der Waals surface area contributed by atoms with Crippen LogP contribution in [-0.2, 0) is 12.8 Å². The van der Waals surface area contributed by atoms with Crippen molar-refractivity contribution in [3.63, 3.8) is 0 Å². The normalized spacial score (nSPS) is 15.2. The van der Waals surface area contributed by atoms with E-state index in [9.17, 15) is 0 Å². The summed E-state index contributed by atoms with van der Waals surface area (Å²) in [4.78, 5) is 2.53. The van der Waals surface area contributed by atoms with E-state index in [-0.39, 0.29) is 12.6 Å². The van der Waals surface area contributed by atoms with E-state index in [1.807, 2.05) is 18.2 Å². The van der Waals surface area contributed by atoms with Gasteiger partial charge in [-0.05, 0) is 99.1 Å². The molecule has 2 aliphatic rings. The summed E-state index contributed by atoms with van der Waals surface area (Å²) in [5.41, 5.74) is 7.88. The molecule has 0 amide bonds. The number of hydrogen-bond donors (Lipinski definition) is 1. The van der Waals surface area contributed by atoms with Crippen molar-refractivity contribution in [3.05, 3.63) is 59.7 Å². The van der Waals surface area contributed by atoms with Crippen molar-refractivity contribution in [3.8, 4) is 11.5 Å². The molecule has 0 bridgehead atoms. The van der Waals surface area contributed by atoms with Gasteiger partial charge in [-0.1, -0.05) is 135 Å². The molecule has 0 unspecified atom stereocenters. The Bertz CT molecular complexity index is 1080. The SMILES string of the molecule is C.CCCCCCc1ccccc1OC(=S)N(C1CCCCC1)C1CCCCC1.CCCCCCc1ccccc1OC(N)=S. The molecule has 0 saturated heterocycles. The average molecular weight is 655 g/mol. The van der Waals surface area contributed by atoms with Crippen LogP contribution in [0, 0.1) is 0 Å². The summed E-state index contributed by atoms with van der Waals surface area (Å²) >= 11 is 10.7. The second-order valence-electron chi connectivity index (χ2n) is 12.6. The molecule has 252 valence electrons. The van der Waals surface area contributed by atoms with E-state index >= 15 is 0 Å². The van der Waals surface area contributed by atoms with Gasteiger partial charge in [-0.2, -0.15) is 0 Å². The van der Waals surface area contributed by atoms with Crippen molar-refractivity contribution >= 4 is 34.8 Å². The molecular weight excluding hydrogens is 593 g/mol. The molecule has 2 N–H and O–H groups in total. The van der Waals surface area contributed by atoms with Gasteiger partial charge in [-0.15, -0.1) is 0 Å². The third-order valence-electron chi connectivity index (χ3n) is 9.10. The summed E-state index contributed by atoms with van der Waals surface area (Å²) in [6.45, 7) is 4.48. The standard InChI is InChI=1S/C25H39NOS.C13H19NOS.CH4/c1-2-3-4-7-14-21-15-12-13-20-24(21)27-25(28)26(22-16-8-5-9-17-22)23-18-10-6-11-19-23;1-2-3-4-5-8-11-9-6-7-10-12(11)15-13(14)16;/h12-13,15,20,22-23H,2-11,14,16-19H2,1H3;6-7,9-10H,2-5,8H2,1H3,(H2,14,16);1H4. The maximum atomic E-state index is 6.43. The van der Waals surface area contributed by atoms with Crippen molar-refractivity contribution in [2.24, 2.45) is 5.73 Å². The zero-order valence-electron chi connectivity index (χ0n) is 27.6. The highest BCUT2D eigenvalue weighted by Gasteiger charge is 2.32. The first-order valence-electron chi connectivity index (χ1n) is 17.7. The van der Waals surface area contributed by atoms with Gasteiger partial charge >= 0.3 is 0 Å². The van der Waals surface area contributed by atoms with Crippen LogP contribution in [0.5, 0.6) is 11.5 Å². The average Bonchev–Trinajstić information content (AvgIpc) is 3.04. The van der Waals surface area contributed by atoms with E-state index in [0.717, 1.165) is 29.5 Å². The first kappa shape index (κ1) is 39.0. The van der Waals surface area contributed by atoms with Gasteiger partial charge in [0, 0.05) is 12.1 Å². The molecule has 0 aromatic heterocycles. The van der Waals surface area contributed by atoms with E-state index in [1.54, 1.807) is 0 Å². The lowest BCUT2D eigenvalue weighted by Crippen LogP contribution is -2.49. The molecule has 0 atom stereocenters. The number of ether oxygens (including phenoxy) is 2. The van der Waals surface area contributed by atoms with Gasteiger partial charge in [0.15, 0.2) is 0 Å². The number of hydrogen-bond acceptors (Lipinski definition) is 4. The van der Waals surface area contributed by atoms with Gasteiger partial charge < -0.3 is 20.1 Å². The number of aryl methyl sites for hydroxylation is 2. The Morgan fingerprint density at radius 1 is 0.644 bits per heavy atom. The zero-order valence-corrected chi connectivity index (χ0v) is 29.2. The quantitative estimate of drug-likeness (QED) is 0.162. The number of nitrogens with two attached hydrogens (primary N) is 1. The maximum absolute atomic E-state index is 6.43. The van der Waals surface area contributed by atoms with Crippen molar-refractivity contribution < 1.29 is 9.47 Å². The predicted molar refractivity (Wildman–Crippen MR) is 202 cm³/mol. The Morgan fingerprint density at radius 3 is 1.49 bits per heavy atom. The summed E-state index contributed by atoms with van der Waals surface area (Å²) in [5, 5.41) is 0.820. The third kappa shape index (κ3) is 14.4. The second-order valence-corrected chi connectivity index (χ2v) is 13.4. The number of nitrogens with zero attached hydrogens (tertiary/aromatic N) is 1. The summed E-state index contributed by atoms with van der Waals surface area (Å²) < 4.78 is 11.7. The molecule has 2 saturated carbocycles. The van der Waals surface area contributed by atoms with Crippen molar-refractivity contribution in [2.45, 2.75) is 162 Å². The van der Waals surface area contributed by atoms with Gasteiger partial charge in [0.1, 0.15) is 11.5 Å². The van der Waals surface area contributed by atoms with Crippen LogP contribution in [0.1, 0.15) is 148 Å². The molecule has 0 aliphatic heterocycles. The van der Waals surface area contributed by atoms with Crippen LogP contribution >= 0.6 is 24.4 Å². The lowest BCUT2D eigenvalue weighted by Gasteiger charge is -2.42. The maximum Gasteiger partial charge on any atom is 0.265 e. The molecule has 2 aliphatic carbocycles. The Morgan fingerprint density at radius 2 is 1.07 bits per heavy atom. The minimum atomic E-state index is 0. The Hall–Kier alpha value is -2.18. The van der Waals surface area contributed by atoms with Crippen molar-refractivity contribution in [2.75, 3.05) is 0 Å². The molecule has 0 heterocycles. The smallest absolute Gasteiger partial charge is 0.265 e. The number of benzene rings is 2. The van der Waals surface area contributed by atoms with E-state index in [0.29, 0.717) is 12.1 Å². The number of para-hydroxylation sites is 2. The Labute approximate surface area is 286 Å². The molecule has 0 spiro atoms. The molecular formula is C39H62N2O2S2. The van der Waals surface area contributed by atoms with Crippen LogP contribution in [-0.4, -0.2) is 27.3 Å². The highest BCUT2D eigenvalue weighted by Crippen LogP contribution is 2.32. The van der Waals surface area contributed by atoms with Crippen LogP contribution in [0.2, 0.25) is 0 Å². The van der Waals surface area contributed by atoms with E-state index in [4.69, 9.17) is 39.6 Å². The van der Waals surface area contributed by atoms with Crippen LogP contribution < -0.4 is 15.2 Å². The minimum absolute atomic E-state index is 0. The van der Waals surface area contributed by atoms with Gasteiger partial charge in [0.05, 0.1) is 0 Å². The van der Waals surface area contributed by atoms with E-state index in [1.165, 1.54) is 127 Å². The third-order valence-corrected chi connectivity index (χ3v) is 9.48. The van der Waals surface area contributed by atoms with Gasteiger partial charge in [-0.25, -0.2) is 0 Å². The Balaban J connectivity index is 0.000000355. The van der Waals surface area contributed by atoms with Crippen LogP contribution in [0.4, 0.5) is 0 Å². The topological polar surface area (TPSA) is 47.7 Å². The summed E-state index contributed by atoms with van der Waals surface area (Å²) in [6, 6.07) is 17.6. The molecule has 2 fully saturated rings. The number of unbranched alkanes of at least 4 members (excludes halogenated alkanes) is 6. The molecule has 2 aromatic carbocycles. The first-order chi connectivity index (χ1) is 21.5. The second kappa shape index (κ2) is 23.2. The molecule has 45 heavy (non-hydrogen) atoms. The van der Waals surface area contributed by atoms with Gasteiger partial charge in [0.2, 0.25) is 0 Å². The van der Waals surface area contributed by atoms with E-state index in [2.05, 4.69) is 49.1 Å². The highest BCUT2D eigenvalue weighted by molar-refractivity contribution is 7.80. The summed E-state index contributed by atoms with van der Waals surface area (Å²) in [6.07, 6.45) is 25.4. The number of thiocarbonyl (C=S) groups is 2. The minimum Gasteiger partial charge on any atom is -0.432 e.